The topological polar surface area (TPSA) is 122 Å². The first-order valence-electron chi connectivity index (χ1n) is 9.07. The van der Waals surface area contributed by atoms with Crippen LogP contribution in [-0.2, 0) is 34.9 Å². The standard InChI is InChI=1S/C20H24N2O8/c1-12-17(29-19(24)27-3)14(8-7-13-6-5-9-21-11-13)18(30-20(25)28-4)15(22-12)10-16(23)26-2/h5-6,9,11,14,22H,7-8,10H2,1-4H3. The average Bonchev–Trinajstić information content (AvgIpc) is 2.76. The van der Waals surface area contributed by atoms with Crippen LogP contribution in [0.25, 0.3) is 0 Å². The summed E-state index contributed by atoms with van der Waals surface area (Å²) in [5, 5.41) is 2.95. The summed E-state index contributed by atoms with van der Waals surface area (Å²) in [6.07, 6.45) is 2.19. The molecule has 30 heavy (non-hydrogen) atoms. The fourth-order valence-electron chi connectivity index (χ4n) is 2.95. The van der Waals surface area contributed by atoms with Gasteiger partial charge in [0.25, 0.3) is 0 Å². The van der Waals surface area contributed by atoms with Crippen LogP contribution >= 0.6 is 0 Å². The maximum absolute atomic E-state index is 11.9. The minimum Gasteiger partial charge on any atom is -0.469 e. The van der Waals surface area contributed by atoms with Gasteiger partial charge in [0, 0.05) is 12.4 Å². The number of ether oxygens (including phenoxy) is 5. The predicted molar refractivity (Wildman–Crippen MR) is 103 cm³/mol. The number of nitrogens with zero attached hydrogens (tertiary/aromatic N) is 1. The summed E-state index contributed by atoms with van der Waals surface area (Å²) in [6.45, 7) is 1.67. The minimum atomic E-state index is -0.975. The third-order valence-electron chi connectivity index (χ3n) is 4.35. The van der Waals surface area contributed by atoms with Gasteiger partial charge in [-0.3, -0.25) is 9.78 Å². The highest BCUT2D eigenvalue weighted by Crippen LogP contribution is 2.36. The van der Waals surface area contributed by atoms with E-state index in [1.165, 1.54) is 14.2 Å². The summed E-state index contributed by atoms with van der Waals surface area (Å²) in [5.41, 5.74) is 1.70. The number of allylic oxidation sites excluding steroid dienone is 1. The molecule has 162 valence electrons. The largest absolute Gasteiger partial charge is 0.513 e. The zero-order chi connectivity index (χ0) is 22.1. The lowest BCUT2D eigenvalue weighted by Crippen LogP contribution is -2.32. The summed E-state index contributed by atoms with van der Waals surface area (Å²) >= 11 is 0. The normalized spacial score (nSPS) is 15.8. The zero-order valence-corrected chi connectivity index (χ0v) is 17.2. The Hall–Kier alpha value is -3.56. The first kappa shape index (κ1) is 22.7. The number of pyridine rings is 1. The van der Waals surface area contributed by atoms with Gasteiger partial charge in [-0.15, -0.1) is 0 Å². The highest BCUT2D eigenvalue weighted by atomic mass is 16.7. The number of aryl methyl sites for hydroxylation is 1. The molecule has 1 aromatic rings. The fourth-order valence-corrected chi connectivity index (χ4v) is 2.95. The molecule has 1 unspecified atom stereocenters. The maximum atomic E-state index is 11.9. The highest BCUT2D eigenvalue weighted by molar-refractivity contribution is 5.73. The third kappa shape index (κ3) is 5.97. The molecule has 1 aliphatic heterocycles. The van der Waals surface area contributed by atoms with E-state index in [4.69, 9.17) is 14.2 Å². The van der Waals surface area contributed by atoms with E-state index in [1.807, 2.05) is 6.07 Å². The molecule has 0 radical (unpaired) electrons. The van der Waals surface area contributed by atoms with Crippen LogP contribution in [0.4, 0.5) is 9.59 Å². The van der Waals surface area contributed by atoms with Crippen molar-refractivity contribution in [1.82, 2.24) is 10.3 Å². The molecule has 0 spiro atoms. The molecule has 0 aliphatic carbocycles. The summed E-state index contributed by atoms with van der Waals surface area (Å²) in [5.74, 6) is -0.914. The predicted octanol–water partition coefficient (Wildman–Crippen LogP) is 2.81. The minimum absolute atomic E-state index is 0.0978. The van der Waals surface area contributed by atoms with Crippen LogP contribution in [0.15, 0.2) is 47.4 Å². The van der Waals surface area contributed by atoms with Crippen molar-refractivity contribution in [2.45, 2.75) is 26.2 Å². The molecule has 0 saturated heterocycles. The second-order valence-corrected chi connectivity index (χ2v) is 6.27. The number of methoxy groups -OCH3 is 3. The van der Waals surface area contributed by atoms with Crippen molar-refractivity contribution >= 4 is 18.3 Å². The zero-order valence-electron chi connectivity index (χ0n) is 17.2. The van der Waals surface area contributed by atoms with E-state index in [1.54, 1.807) is 25.4 Å². The van der Waals surface area contributed by atoms with E-state index in [-0.39, 0.29) is 17.9 Å². The molecule has 1 aliphatic rings. The number of hydrogen-bond acceptors (Lipinski definition) is 10. The van der Waals surface area contributed by atoms with E-state index in [0.717, 1.165) is 12.7 Å². The second kappa shape index (κ2) is 10.8. The van der Waals surface area contributed by atoms with E-state index in [0.29, 0.717) is 24.2 Å². The van der Waals surface area contributed by atoms with E-state index in [2.05, 4.69) is 19.8 Å². The van der Waals surface area contributed by atoms with Gasteiger partial charge in [0.05, 0.1) is 45.1 Å². The van der Waals surface area contributed by atoms with Gasteiger partial charge in [0.15, 0.2) is 0 Å². The SMILES string of the molecule is COC(=O)CC1=C(OC(=O)OC)C(CCc2cccnc2)C(OC(=O)OC)=C(C)N1. The van der Waals surface area contributed by atoms with Crippen LogP contribution in [0.1, 0.15) is 25.3 Å². The molecule has 1 atom stereocenters. The molecule has 2 heterocycles. The number of rotatable bonds is 7. The van der Waals surface area contributed by atoms with Crippen molar-refractivity contribution in [3.05, 3.63) is 53.0 Å². The number of esters is 1. The van der Waals surface area contributed by atoms with Crippen LogP contribution in [0.2, 0.25) is 0 Å². The van der Waals surface area contributed by atoms with Crippen LogP contribution < -0.4 is 5.32 Å². The Morgan fingerprint density at radius 2 is 1.70 bits per heavy atom. The van der Waals surface area contributed by atoms with Crippen LogP contribution in [0.5, 0.6) is 0 Å². The van der Waals surface area contributed by atoms with Gasteiger partial charge in [0.2, 0.25) is 0 Å². The molecule has 0 bridgehead atoms. The first-order chi connectivity index (χ1) is 14.4. The molecular weight excluding hydrogens is 396 g/mol. The molecule has 2 rings (SSSR count). The van der Waals surface area contributed by atoms with Gasteiger partial charge in [-0.1, -0.05) is 6.07 Å². The lowest BCUT2D eigenvalue weighted by molar-refractivity contribution is -0.140. The molecule has 0 amide bonds. The van der Waals surface area contributed by atoms with Crippen LogP contribution in [0, 0.1) is 5.92 Å². The van der Waals surface area contributed by atoms with Gasteiger partial charge >= 0.3 is 18.3 Å². The second-order valence-electron chi connectivity index (χ2n) is 6.27. The number of carbonyl (C=O) groups is 3. The van der Waals surface area contributed by atoms with Crippen molar-refractivity contribution in [2.75, 3.05) is 21.3 Å². The van der Waals surface area contributed by atoms with E-state index >= 15 is 0 Å². The summed E-state index contributed by atoms with van der Waals surface area (Å²) in [7, 11) is 3.60. The summed E-state index contributed by atoms with van der Waals surface area (Å²) in [4.78, 5) is 39.6. The lowest BCUT2D eigenvalue weighted by Gasteiger charge is -2.30. The summed E-state index contributed by atoms with van der Waals surface area (Å²) in [6, 6.07) is 3.69. The molecular formula is C20H24N2O8. The van der Waals surface area contributed by atoms with Gasteiger partial charge in [-0.25, -0.2) is 9.59 Å². The van der Waals surface area contributed by atoms with Crippen molar-refractivity contribution in [3.8, 4) is 0 Å². The van der Waals surface area contributed by atoms with Crippen LogP contribution in [0.3, 0.4) is 0 Å². The monoisotopic (exact) mass is 420 g/mol. The summed E-state index contributed by atoms with van der Waals surface area (Å²) < 4.78 is 24.6. The van der Waals surface area contributed by atoms with E-state index in [9.17, 15) is 14.4 Å². The molecule has 0 aromatic carbocycles. The van der Waals surface area contributed by atoms with Crippen molar-refractivity contribution < 1.29 is 38.1 Å². The van der Waals surface area contributed by atoms with Crippen molar-refractivity contribution in [2.24, 2.45) is 5.92 Å². The number of hydrogen-bond donors (Lipinski definition) is 1. The van der Waals surface area contributed by atoms with Crippen molar-refractivity contribution in [1.29, 1.82) is 0 Å². The Labute approximate surface area is 173 Å². The Morgan fingerprint density at radius 3 is 2.27 bits per heavy atom. The van der Waals surface area contributed by atoms with Crippen LogP contribution in [-0.4, -0.2) is 44.6 Å². The van der Waals surface area contributed by atoms with Crippen molar-refractivity contribution in [3.63, 3.8) is 0 Å². The Morgan fingerprint density at radius 1 is 1.03 bits per heavy atom. The highest BCUT2D eigenvalue weighted by Gasteiger charge is 2.35. The first-order valence-corrected chi connectivity index (χ1v) is 9.07. The quantitative estimate of drug-likeness (QED) is 0.520. The third-order valence-corrected chi connectivity index (χ3v) is 4.35. The van der Waals surface area contributed by atoms with Gasteiger partial charge in [-0.2, -0.15) is 0 Å². The molecule has 1 aromatic heterocycles. The number of carbonyl (C=O) groups excluding carboxylic acids is 3. The maximum Gasteiger partial charge on any atom is 0.513 e. The lowest BCUT2D eigenvalue weighted by atomic mass is 9.91. The molecule has 0 saturated carbocycles. The average molecular weight is 420 g/mol. The Balaban J connectivity index is 2.44. The molecule has 0 fully saturated rings. The Bertz CT molecular complexity index is 848. The van der Waals surface area contributed by atoms with Gasteiger partial charge in [0.1, 0.15) is 11.5 Å². The fraction of sp³-hybridized carbons (Fsp3) is 0.400. The Kier molecular flexibility index (Phi) is 8.21. The molecule has 10 nitrogen and oxygen atoms in total. The molecule has 1 N–H and O–H groups in total. The number of dihydropyridines is 1. The van der Waals surface area contributed by atoms with E-state index < -0.39 is 24.2 Å². The molecule has 10 heteroatoms. The van der Waals surface area contributed by atoms with Gasteiger partial charge in [-0.05, 0) is 31.4 Å². The van der Waals surface area contributed by atoms with Gasteiger partial charge < -0.3 is 29.0 Å². The smallest absolute Gasteiger partial charge is 0.469 e. The number of aromatic nitrogens is 1. The number of nitrogens with one attached hydrogen (secondary N) is 1.